The number of amides is 1. The van der Waals surface area contributed by atoms with Crippen molar-refractivity contribution in [2.24, 2.45) is 0 Å². The zero-order chi connectivity index (χ0) is 16.8. The number of nitrogens with one attached hydrogen (secondary N) is 1. The number of aromatic nitrogens is 2. The van der Waals surface area contributed by atoms with Gasteiger partial charge in [-0.05, 0) is 40.2 Å². The normalized spacial score (nSPS) is 13.0. The molecule has 0 aliphatic rings. The van der Waals surface area contributed by atoms with Gasteiger partial charge in [-0.3, -0.25) is 0 Å². The Hall–Kier alpha value is -2.31. The fourth-order valence-electron chi connectivity index (χ4n) is 1.67. The van der Waals surface area contributed by atoms with Gasteiger partial charge in [0, 0.05) is 6.04 Å². The molecule has 0 aliphatic heterocycles. The van der Waals surface area contributed by atoms with Crippen molar-refractivity contribution < 1.29 is 14.3 Å². The van der Waals surface area contributed by atoms with Gasteiger partial charge in [0.1, 0.15) is 17.7 Å². The second-order valence-corrected chi connectivity index (χ2v) is 5.87. The Labute approximate surface area is 130 Å². The number of nitrogens with two attached hydrogens (primary N) is 1. The summed E-state index contributed by atoms with van der Waals surface area (Å²) in [4.78, 5) is 19.5. The molecule has 0 aliphatic carbocycles. The van der Waals surface area contributed by atoms with E-state index in [2.05, 4.69) is 15.3 Å². The number of hydrogen-bond donors (Lipinski definition) is 2. The van der Waals surface area contributed by atoms with Crippen LogP contribution >= 0.6 is 0 Å². The smallest absolute Gasteiger partial charge is 0.407 e. The average Bonchev–Trinajstić information content (AvgIpc) is 2.38. The number of ether oxygens (including phenoxy) is 2. The lowest BCUT2D eigenvalue weighted by atomic mass is 10.2. The second-order valence-electron chi connectivity index (χ2n) is 5.87. The van der Waals surface area contributed by atoms with Gasteiger partial charge in [-0.2, -0.15) is 0 Å². The molecular weight excluding hydrogens is 284 g/mol. The molecule has 22 heavy (non-hydrogen) atoms. The minimum absolute atomic E-state index is 0.0806. The third-order valence-electron chi connectivity index (χ3n) is 2.61. The molecule has 1 aromatic heterocycles. The molecule has 122 valence electrons. The first kappa shape index (κ1) is 17.7. The molecule has 7 heteroatoms. The van der Waals surface area contributed by atoms with E-state index in [1.54, 1.807) is 6.08 Å². The van der Waals surface area contributed by atoms with E-state index in [1.165, 1.54) is 13.4 Å². The highest BCUT2D eigenvalue weighted by Crippen LogP contribution is 2.20. The van der Waals surface area contributed by atoms with Gasteiger partial charge in [0.2, 0.25) is 5.88 Å². The third-order valence-corrected chi connectivity index (χ3v) is 2.61. The Bertz CT molecular complexity index is 538. The molecule has 1 amide bonds. The van der Waals surface area contributed by atoms with Crippen molar-refractivity contribution in [3.05, 3.63) is 18.0 Å². The first-order valence-electron chi connectivity index (χ1n) is 7.03. The van der Waals surface area contributed by atoms with E-state index < -0.39 is 11.7 Å². The molecule has 0 saturated carbocycles. The number of hydrogen-bond acceptors (Lipinski definition) is 6. The summed E-state index contributed by atoms with van der Waals surface area (Å²) >= 11 is 0. The summed E-state index contributed by atoms with van der Waals surface area (Å²) in [5.74, 6) is 0.757. The molecule has 0 spiro atoms. The summed E-state index contributed by atoms with van der Waals surface area (Å²) in [5, 5.41) is 2.76. The Balaban J connectivity index is 2.57. The SMILES string of the molecule is COc1ncnc(N)c1/C=C/C[C@H](C)NC(=O)OC(C)(C)C. The van der Waals surface area contributed by atoms with Crippen LogP contribution in [-0.2, 0) is 4.74 Å². The minimum atomic E-state index is -0.511. The minimum Gasteiger partial charge on any atom is -0.480 e. The number of rotatable bonds is 5. The lowest BCUT2D eigenvalue weighted by molar-refractivity contribution is 0.0509. The predicted octanol–water partition coefficient (Wildman–Crippen LogP) is 2.38. The Kier molecular flexibility index (Phi) is 6.15. The fourth-order valence-corrected chi connectivity index (χ4v) is 1.67. The highest BCUT2D eigenvalue weighted by Gasteiger charge is 2.17. The Morgan fingerprint density at radius 3 is 2.73 bits per heavy atom. The number of carbonyl (C=O) groups is 1. The number of nitrogens with zero attached hydrogens (tertiary/aromatic N) is 2. The van der Waals surface area contributed by atoms with Crippen LogP contribution in [0.25, 0.3) is 6.08 Å². The van der Waals surface area contributed by atoms with E-state index in [4.69, 9.17) is 15.2 Å². The van der Waals surface area contributed by atoms with E-state index in [0.717, 1.165) is 0 Å². The molecule has 0 saturated heterocycles. The van der Waals surface area contributed by atoms with E-state index in [9.17, 15) is 4.79 Å². The number of alkyl carbamates (subject to hydrolysis) is 1. The van der Waals surface area contributed by atoms with Crippen molar-refractivity contribution in [2.45, 2.75) is 45.8 Å². The lowest BCUT2D eigenvalue weighted by Crippen LogP contribution is -2.37. The van der Waals surface area contributed by atoms with Crippen molar-refractivity contribution >= 4 is 18.0 Å². The zero-order valence-electron chi connectivity index (χ0n) is 13.7. The average molecular weight is 308 g/mol. The summed E-state index contributed by atoms with van der Waals surface area (Å²) in [7, 11) is 1.52. The van der Waals surface area contributed by atoms with Crippen molar-refractivity contribution in [2.75, 3.05) is 12.8 Å². The Morgan fingerprint density at radius 1 is 1.45 bits per heavy atom. The summed E-state index contributed by atoms with van der Waals surface area (Å²) in [6.45, 7) is 7.35. The van der Waals surface area contributed by atoms with Crippen LogP contribution in [0, 0.1) is 0 Å². The maximum Gasteiger partial charge on any atom is 0.407 e. The fraction of sp³-hybridized carbons (Fsp3) is 0.533. The van der Waals surface area contributed by atoms with Crippen LogP contribution in [0.1, 0.15) is 39.7 Å². The highest BCUT2D eigenvalue weighted by atomic mass is 16.6. The van der Waals surface area contributed by atoms with E-state index >= 15 is 0 Å². The summed E-state index contributed by atoms with van der Waals surface area (Å²) in [6, 6.07) is -0.0806. The second kappa shape index (κ2) is 7.63. The number of carbonyl (C=O) groups excluding carboxylic acids is 1. The van der Waals surface area contributed by atoms with Gasteiger partial charge >= 0.3 is 6.09 Å². The maximum atomic E-state index is 11.6. The van der Waals surface area contributed by atoms with Crippen molar-refractivity contribution in [3.8, 4) is 5.88 Å². The molecule has 1 atom stereocenters. The number of nitrogen functional groups attached to an aromatic ring is 1. The first-order chi connectivity index (χ1) is 10.2. The third kappa shape index (κ3) is 5.99. The molecular formula is C15H24N4O3. The first-order valence-corrected chi connectivity index (χ1v) is 7.03. The van der Waals surface area contributed by atoms with Crippen molar-refractivity contribution in [1.82, 2.24) is 15.3 Å². The molecule has 0 fully saturated rings. The van der Waals surface area contributed by atoms with E-state index in [-0.39, 0.29) is 6.04 Å². The summed E-state index contributed by atoms with van der Waals surface area (Å²) in [5.41, 5.74) is 5.90. The van der Waals surface area contributed by atoms with Crippen LogP contribution in [0.2, 0.25) is 0 Å². The van der Waals surface area contributed by atoms with Crippen LogP contribution in [0.5, 0.6) is 5.88 Å². The topological polar surface area (TPSA) is 99.4 Å². The Morgan fingerprint density at radius 2 is 2.14 bits per heavy atom. The molecule has 0 unspecified atom stereocenters. The van der Waals surface area contributed by atoms with Crippen LogP contribution < -0.4 is 15.8 Å². The van der Waals surface area contributed by atoms with Gasteiger partial charge < -0.3 is 20.5 Å². The summed E-state index contributed by atoms with van der Waals surface area (Å²) < 4.78 is 10.3. The molecule has 7 nitrogen and oxygen atoms in total. The van der Waals surface area contributed by atoms with Gasteiger partial charge in [-0.1, -0.05) is 6.08 Å². The van der Waals surface area contributed by atoms with E-state index in [1.807, 2.05) is 33.8 Å². The van der Waals surface area contributed by atoms with Gasteiger partial charge in [-0.25, -0.2) is 14.8 Å². The number of anilines is 1. The molecule has 1 aromatic rings. The molecule has 3 N–H and O–H groups in total. The largest absolute Gasteiger partial charge is 0.480 e. The summed E-state index contributed by atoms with van der Waals surface area (Å²) in [6.07, 6.45) is 5.17. The predicted molar refractivity (Wildman–Crippen MR) is 85.5 cm³/mol. The van der Waals surface area contributed by atoms with E-state index in [0.29, 0.717) is 23.7 Å². The van der Waals surface area contributed by atoms with Crippen LogP contribution in [0.4, 0.5) is 10.6 Å². The molecule has 1 heterocycles. The zero-order valence-corrected chi connectivity index (χ0v) is 13.7. The molecule has 1 rings (SSSR count). The monoisotopic (exact) mass is 308 g/mol. The van der Waals surface area contributed by atoms with Crippen LogP contribution in [0.15, 0.2) is 12.4 Å². The molecule has 0 aromatic carbocycles. The lowest BCUT2D eigenvalue weighted by Gasteiger charge is -2.21. The molecule has 0 bridgehead atoms. The van der Waals surface area contributed by atoms with Gasteiger partial charge in [0.05, 0.1) is 12.7 Å². The maximum absolute atomic E-state index is 11.6. The van der Waals surface area contributed by atoms with Crippen LogP contribution in [-0.4, -0.2) is 34.8 Å². The highest BCUT2D eigenvalue weighted by molar-refractivity contribution is 5.68. The number of methoxy groups -OCH3 is 1. The molecule has 0 radical (unpaired) electrons. The van der Waals surface area contributed by atoms with Gasteiger partial charge in [0.25, 0.3) is 0 Å². The van der Waals surface area contributed by atoms with Crippen molar-refractivity contribution in [1.29, 1.82) is 0 Å². The van der Waals surface area contributed by atoms with Crippen molar-refractivity contribution in [3.63, 3.8) is 0 Å². The van der Waals surface area contributed by atoms with Gasteiger partial charge in [0.15, 0.2) is 0 Å². The van der Waals surface area contributed by atoms with Crippen LogP contribution in [0.3, 0.4) is 0 Å². The quantitative estimate of drug-likeness (QED) is 0.866. The van der Waals surface area contributed by atoms with Gasteiger partial charge in [-0.15, -0.1) is 0 Å². The standard InChI is InChI=1S/C15H24N4O3/c1-10(19-14(20)22-15(2,3)4)7-6-8-11-12(16)17-9-18-13(11)21-5/h6,8-10H,7H2,1-5H3,(H,19,20)(H2,16,17,18)/b8-6+/t10-/m0/s1.